The summed E-state index contributed by atoms with van der Waals surface area (Å²) >= 11 is 5.90. The number of hydrogen-bond acceptors (Lipinski definition) is 4. The van der Waals surface area contributed by atoms with E-state index in [1.165, 1.54) is 0 Å². The second kappa shape index (κ2) is 7.99. The standard InChI is InChI=1S/C18H20ClNO3/c1-2-23-18(22)17(20)11-13-5-8-16(21)10-14(13)9-12-3-6-15(19)7-4-12/h3-8,10,17,21H,2,9,11,20H2,1H3/t17-/m0/s1. The molecular formula is C18H20ClNO3. The summed E-state index contributed by atoms with van der Waals surface area (Å²) in [5.74, 6) is -0.236. The van der Waals surface area contributed by atoms with Crippen molar-refractivity contribution in [3.8, 4) is 5.75 Å². The lowest BCUT2D eigenvalue weighted by molar-refractivity contribution is -0.144. The van der Waals surface area contributed by atoms with Crippen LogP contribution in [0.4, 0.5) is 0 Å². The number of rotatable bonds is 6. The van der Waals surface area contributed by atoms with Gasteiger partial charge in [0.25, 0.3) is 0 Å². The first-order valence-electron chi connectivity index (χ1n) is 7.47. The number of hydrogen-bond donors (Lipinski definition) is 2. The minimum absolute atomic E-state index is 0.183. The third-order valence-corrected chi connectivity index (χ3v) is 3.78. The average Bonchev–Trinajstić information content (AvgIpc) is 2.52. The third kappa shape index (κ3) is 4.98. The Hall–Kier alpha value is -2.04. The highest BCUT2D eigenvalue weighted by atomic mass is 35.5. The fraction of sp³-hybridized carbons (Fsp3) is 0.278. The first-order chi connectivity index (χ1) is 11.0. The number of phenolic OH excluding ortho intramolecular Hbond substituents is 1. The van der Waals surface area contributed by atoms with Gasteiger partial charge in [0, 0.05) is 5.02 Å². The number of carbonyl (C=O) groups is 1. The molecule has 2 rings (SSSR count). The summed E-state index contributed by atoms with van der Waals surface area (Å²) in [5, 5.41) is 10.4. The number of ether oxygens (including phenoxy) is 1. The van der Waals surface area contributed by atoms with E-state index in [0.29, 0.717) is 24.5 Å². The maximum absolute atomic E-state index is 11.7. The first-order valence-corrected chi connectivity index (χ1v) is 7.84. The molecule has 0 bridgehead atoms. The molecular weight excluding hydrogens is 314 g/mol. The molecule has 23 heavy (non-hydrogen) atoms. The highest BCUT2D eigenvalue weighted by Gasteiger charge is 2.17. The number of benzene rings is 2. The van der Waals surface area contributed by atoms with Gasteiger partial charge in [0.05, 0.1) is 6.61 Å². The Balaban J connectivity index is 2.19. The van der Waals surface area contributed by atoms with Gasteiger partial charge in [-0.15, -0.1) is 0 Å². The van der Waals surface area contributed by atoms with Gasteiger partial charge in [0.15, 0.2) is 0 Å². The Morgan fingerprint density at radius 1 is 1.22 bits per heavy atom. The molecule has 0 spiro atoms. The van der Waals surface area contributed by atoms with Crippen molar-refractivity contribution in [2.24, 2.45) is 5.73 Å². The molecule has 0 unspecified atom stereocenters. The van der Waals surface area contributed by atoms with E-state index in [-0.39, 0.29) is 5.75 Å². The quantitative estimate of drug-likeness (QED) is 0.797. The van der Waals surface area contributed by atoms with Crippen molar-refractivity contribution in [3.63, 3.8) is 0 Å². The predicted molar refractivity (Wildman–Crippen MR) is 90.7 cm³/mol. The van der Waals surface area contributed by atoms with Crippen LogP contribution in [-0.4, -0.2) is 23.7 Å². The fourth-order valence-electron chi connectivity index (χ4n) is 2.37. The summed E-state index contributed by atoms with van der Waals surface area (Å²) in [6.45, 7) is 2.05. The van der Waals surface area contributed by atoms with E-state index in [0.717, 1.165) is 16.7 Å². The molecule has 122 valence electrons. The summed E-state index contributed by atoms with van der Waals surface area (Å²) in [7, 11) is 0. The van der Waals surface area contributed by atoms with Crippen LogP contribution in [0.5, 0.6) is 5.75 Å². The Bertz CT molecular complexity index is 670. The topological polar surface area (TPSA) is 72.5 Å². The Morgan fingerprint density at radius 3 is 2.57 bits per heavy atom. The van der Waals surface area contributed by atoms with E-state index in [1.807, 2.05) is 24.3 Å². The Labute approximate surface area is 140 Å². The second-order valence-corrected chi connectivity index (χ2v) is 5.76. The molecule has 0 radical (unpaired) electrons. The fourth-order valence-corrected chi connectivity index (χ4v) is 2.49. The molecule has 0 fully saturated rings. The highest BCUT2D eigenvalue weighted by Crippen LogP contribution is 2.22. The molecule has 0 amide bonds. The van der Waals surface area contributed by atoms with Gasteiger partial charge in [0.2, 0.25) is 0 Å². The number of nitrogens with two attached hydrogens (primary N) is 1. The predicted octanol–water partition coefficient (Wildman–Crippen LogP) is 3.07. The van der Waals surface area contributed by atoms with Crippen molar-refractivity contribution in [2.45, 2.75) is 25.8 Å². The van der Waals surface area contributed by atoms with Crippen LogP contribution in [0.25, 0.3) is 0 Å². The number of aromatic hydroxyl groups is 1. The summed E-state index contributed by atoms with van der Waals surface area (Å²) in [6.07, 6.45) is 0.985. The van der Waals surface area contributed by atoms with Crippen LogP contribution in [0.15, 0.2) is 42.5 Å². The van der Waals surface area contributed by atoms with Crippen molar-refractivity contribution in [3.05, 3.63) is 64.2 Å². The van der Waals surface area contributed by atoms with Gasteiger partial charge in [-0.1, -0.05) is 29.8 Å². The second-order valence-electron chi connectivity index (χ2n) is 5.32. The molecule has 1 atom stereocenters. The van der Waals surface area contributed by atoms with E-state index in [1.54, 1.807) is 25.1 Å². The van der Waals surface area contributed by atoms with Crippen LogP contribution < -0.4 is 5.73 Å². The minimum atomic E-state index is -0.719. The number of esters is 1. The molecule has 0 heterocycles. The van der Waals surface area contributed by atoms with Crippen molar-refractivity contribution in [1.82, 2.24) is 0 Å². The molecule has 3 N–H and O–H groups in total. The lowest BCUT2D eigenvalue weighted by Gasteiger charge is -2.14. The SMILES string of the molecule is CCOC(=O)[C@@H](N)Cc1ccc(O)cc1Cc1ccc(Cl)cc1. The molecule has 0 aliphatic rings. The van der Waals surface area contributed by atoms with Crippen molar-refractivity contribution < 1.29 is 14.6 Å². The maximum atomic E-state index is 11.7. The summed E-state index contributed by atoms with van der Waals surface area (Å²) in [4.78, 5) is 11.7. The van der Waals surface area contributed by atoms with Gasteiger partial charge in [-0.3, -0.25) is 4.79 Å². The van der Waals surface area contributed by atoms with Crippen LogP contribution >= 0.6 is 11.6 Å². The zero-order valence-electron chi connectivity index (χ0n) is 13.0. The van der Waals surface area contributed by atoms with Gasteiger partial charge in [-0.25, -0.2) is 0 Å². The molecule has 0 aliphatic carbocycles. The largest absolute Gasteiger partial charge is 0.508 e. The van der Waals surface area contributed by atoms with Gasteiger partial charge < -0.3 is 15.6 Å². The van der Waals surface area contributed by atoms with Crippen LogP contribution in [0.1, 0.15) is 23.6 Å². The highest BCUT2D eigenvalue weighted by molar-refractivity contribution is 6.30. The van der Waals surface area contributed by atoms with Crippen LogP contribution in [0, 0.1) is 0 Å². The average molecular weight is 334 g/mol. The molecule has 0 saturated heterocycles. The molecule has 2 aromatic carbocycles. The summed E-state index contributed by atoms with van der Waals surface area (Å²) in [5.41, 5.74) is 8.80. The van der Waals surface area contributed by atoms with E-state index in [4.69, 9.17) is 22.1 Å². The number of phenols is 1. The monoisotopic (exact) mass is 333 g/mol. The lowest BCUT2D eigenvalue weighted by Crippen LogP contribution is -2.34. The lowest BCUT2D eigenvalue weighted by atomic mass is 9.95. The Kier molecular flexibility index (Phi) is 6.02. The molecule has 4 nitrogen and oxygen atoms in total. The van der Waals surface area contributed by atoms with Gasteiger partial charge in [-0.05, 0) is 60.7 Å². The van der Waals surface area contributed by atoms with Gasteiger partial charge in [-0.2, -0.15) is 0 Å². The first kappa shape index (κ1) is 17.3. The van der Waals surface area contributed by atoms with E-state index >= 15 is 0 Å². The van der Waals surface area contributed by atoms with Crippen molar-refractivity contribution >= 4 is 17.6 Å². The van der Waals surface area contributed by atoms with Crippen molar-refractivity contribution in [2.75, 3.05) is 6.61 Å². The molecule has 0 aromatic heterocycles. The Morgan fingerprint density at radius 2 is 1.91 bits per heavy atom. The smallest absolute Gasteiger partial charge is 0.323 e. The third-order valence-electron chi connectivity index (χ3n) is 3.53. The minimum Gasteiger partial charge on any atom is -0.508 e. The number of carbonyl (C=O) groups excluding carboxylic acids is 1. The molecule has 0 saturated carbocycles. The normalized spacial score (nSPS) is 12.0. The summed E-state index contributed by atoms with van der Waals surface area (Å²) < 4.78 is 4.94. The zero-order valence-corrected chi connectivity index (χ0v) is 13.7. The van der Waals surface area contributed by atoms with Gasteiger partial charge in [0.1, 0.15) is 11.8 Å². The van der Waals surface area contributed by atoms with E-state index in [9.17, 15) is 9.90 Å². The number of halogens is 1. The van der Waals surface area contributed by atoms with Crippen molar-refractivity contribution in [1.29, 1.82) is 0 Å². The van der Waals surface area contributed by atoms with Crippen LogP contribution in [0.3, 0.4) is 0 Å². The van der Waals surface area contributed by atoms with Crippen LogP contribution in [-0.2, 0) is 22.4 Å². The van der Waals surface area contributed by atoms with Crippen LogP contribution in [0.2, 0.25) is 5.02 Å². The zero-order chi connectivity index (χ0) is 16.8. The molecule has 2 aromatic rings. The van der Waals surface area contributed by atoms with Gasteiger partial charge >= 0.3 is 5.97 Å². The maximum Gasteiger partial charge on any atom is 0.323 e. The molecule has 5 heteroatoms. The van der Waals surface area contributed by atoms with E-state index in [2.05, 4.69) is 0 Å². The van der Waals surface area contributed by atoms with E-state index < -0.39 is 12.0 Å². The molecule has 0 aliphatic heterocycles. The summed E-state index contributed by atoms with van der Waals surface area (Å²) in [6, 6.07) is 11.9.